The molecule has 0 unspecified atom stereocenters. The van der Waals surface area contributed by atoms with Crippen molar-refractivity contribution in [3.63, 3.8) is 0 Å². The number of carbonyl (C=O) groups excluding carboxylic acids is 1. The molecule has 0 bridgehead atoms. The minimum absolute atomic E-state index is 0.184. The Bertz CT molecular complexity index is 662. The highest BCUT2D eigenvalue weighted by molar-refractivity contribution is 5.95. The highest BCUT2D eigenvalue weighted by Gasteiger charge is 2.20. The molecule has 2 rings (SSSR count). The van der Waals surface area contributed by atoms with Gasteiger partial charge in [0.25, 0.3) is 5.91 Å². The molecular weight excluding hydrogens is 290 g/mol. The summed E-state index contributed by atoms with van der Waals surface area (Å²) in [5.41, 5.74) is 2.86. The molecule has 0 fully saturated rings. The van der Waals surface area contributed by atoms with Gasteiger partial charge in [0, 0.05) is 0 Å². The maximum absolute atomic E-state index is 12.5. The van der Waals surface area contributed by atoms with Crippen LogP contribution in [-0.4, -0.2) is 19.1 Å². The molecule has 0 aliphatic rings. The third-order valence-corrected chi connectivity index (χ3v) is 3.50. The van der Waals surface area contributed by atoms with Gasteiger partial charge in [0.05, 0.1) is 12.8 Å². The molecule has 2 aromatic rings. The van der Waals surface area contributed by atoms with Crippen molar-refractivity contribution >= 4 is 11.6 Å². The quantitative estimate of drug-likeness (QED) is 0.873. The zero-order chi connectivity index (χ0) is 16.8. The standard InChI is InChI=1S/C19H23NO3/c1-5-17(23-15-11-13(2)10-14(3)12-15)19(21)20-16-8-6-7-9-18(16)22-4/h6-12,17H,5H2,1-4H3,(H,20,21)/t17-/m1/s1. The molecule has 1 amide bonds. The molecule has 23 heavy (non-hydrogen) atoms. The molecule has 0 aliphatic carbocycles. The lowest BCUT2D eigenvalue weighted by atomic mass is 10.1. The van der Waals surface area contributed by atoms with Crippen molar-refractivity contribution in [1.29, 1.82) is 0 Å². The van der Waals surface area contributed by atoms with E-state index < -0.39 is 6.10 Å². The first-order valence-corrected chi connectivity index (χ1v) is 7.72. The van der Waals surface area contributed by atoms with Gasteiger partial charge in [-0.15, -0.1) is 0 Å². The summed E-state index contributed by atoms with van der Waals surface area (Å²) in [4.78, 5) is 12.5. The molecule has 122 valence electrons. The summed E-state index contributed by atoms with van der Waals surface area (Å²) in [5.74, 6) is 1.16. The summed E-state index contributed by atoms with van der Waals surface area (Å²) < 4.78 is 11.1. The Morgan fingerprint density at radius 1 is 1.13 bits per heavy atom. The van der Waals surface area contributed by atoms with Crippen LogP contribution in [0.5, 0.6) is 11.5 Å². The van der Waals surface area contributed by atoms with E-state index in [1.807, 2.05) is 45.0 Å². The molecule has 4 heteroatoms. The fourth-order valence-corrected chi connectivity index (χ4v) is 2.45. The first-order valence-electron chi connectivity index (χ1n) is 7.72. The Morgan fingerprint density at radius 3 is 2.39 bits per heavy atom. The average molecular weight is 313 g/mol. The number of hydrogen-bond acceptors (Lipinski definition) is 3. The maximum Gasteiger partial charge on any atom is 0.265 e. The van der Waals surface area contributed by atoms with E-state index in [4.69, 9.17) is 9.47 Å². The van der Waals surface area contributed by atoms with E-state index in [1.54, 1.807) is 19.2 Å². The molecule has 0 aliphatic heterocycles. The Balaban J connectivity index is 2.12. The second kappa shape index (κ2) is 7.68. The fourth-order valence-electron chi connectivity index (χ4n) is 2.45. The molecule has 2 aromatic carbocycles. The Kier molecular flexibility index (Phi) is 5.63. The molecule has 4 nitrogen and oxygen atoms in total. The first-order chi connectivity index (χ1) is 11.0. The SMILES string of the molecule is CC[C@@H](Oc1cc(C)cc(C)c1)C(=O)Nc1ccccc1OC. The van der Waals surface area contributed by atoms with Crippen molar-refractivity contribution in [1.82, 2.24) is 0 Å². The number of amides is 1. The number of para-hydroxylation sites is 2. The zero-order valence-electron chi connectivity index (χ0n) is 14.1. The van der Waals surface area contributed by atoms with Gasteiger partial charge in [0.1, 0.15) is 11.5 Å². The van der Waals surface area contributed by atoms with Crippen molar-refractivity contribution in [2.75, 3.05) is 12.4 Å². The second-order valence-corrected chi connectivity index (χ2v) is 5.53. The van der Waals surface area contributed by atoms with Crippen LogP contribution >= 0.6 is 0 Å². The lowest BCUT2D eigenvalue weighted by Gasteiger charge is -2.19. The number of methoxy groups -OCH3 is 1. The molecular formula is C19H23NO3. The highest BCUT2D eigenvalue weighted by atomic mass is 16.5. The minimum Gasteiger partial charge on any atom is -0.495 e. The average Bonchev–Trinajstić information content (AvgIpc) is 2.52. The molecule has 1 atom stereocenters. The molecule has 0 aromatic heterocycles. The Hall–Kier alpha value is -2.49. The highest BCUT2D eigenvalue weighted by Crippen LogP contribution is 2.24. The van der Waals surface area contributed by atoms with Gasteiger partial charge in [0.15, 0.2) is 6.10 Å². The van der Waals surface area contributed by atoms with Crippen LogP contribution in [0.3, 0.4) is 0 Å². The predicted octanol–water partition coefficient (Wildman–Crippen LogP) is 4.11. The molecule has 0 spiro atoms. The summed E-state index contributed by atoms with van der Waals surface area (Å²) in [7, 11) is 1.58. The number of hydrogen-bond donors (Lipinski definition) is 1. The molecule has 0 heterocycles. The van der Waals surface area contributed by atoms with Gasteiger partial charge in [0.2, 0.25) is 0 Å². The predicted molar refractivity (Wildman–Crippen MR) is 92.2 cm³/mol. The summed E-state index contributed by atoms with van der Waals surface area (Å²) >= 11 is 0. The van der Waals surface area contributed by atoms with Gasteiger partial charge in [-0.25, -0.2) is 0 Å². The summed E-state index contributed by atoms with van der Waals surface area (Å²) in [6.45, 7) is 5.95. The van der Waals surface area contributed by atoms with Crippen LogP contribution in [0, 0.1) is 13.8 Å². The third kappa shape index (κ3) is 4.49. The van der Waals surface area contributed by atoms with Crippen molar-refractivity contribution < 1.29 is 14.3 Å². The van der Waals surface area contributed by atoms with Crippen LogP contribution in [0.4, 0.5) is 5.69 Å². The smallest absolute Gasteiger partial charge is 0.265 e. The van der Waals surface area contributed by atoms with E-state index in [2.05, 4.69) is 11.4 Å². The molecule has 0 radical (unpaired) electrons. The van der Waals surface area contributed by atoms with Crippen LogP contribution in [0.2, 0.25) is 0 Å². The normalized spacial score (nSPS) is 11.7. The third-order valence-electron chi connectivity index (χ3n) is 3.50. The second-order valence-electron chi connectivity index (χ2n) is 5.53. The van der Waals surface area contributed by atoms with E-state index in [0.717, 1.165) is 11.1 Å². The van der Waals surface area contributed by atoms with Gasteiger partial charge < -0.3 is 14.8 Å². The van der Waals surface area contributed by atoms with Gasteiger partial charge in [-0.1, -0.05) is 25.1 Å². The van der Waals surface area contributed by atoms with Crippen LogP contribution in [0.25, 0.3) is 0 Å². The van der Waals surface area contributed by atoms with Crippen LogP contribution in [0.15, 0.2) is 42.5 Å². The lowest BCUT2D eigenvalue weighted by Crippen LogP contribution is -2.32. The van der Waals surface area contributed by atoms with E-state index in [9.17, 15) is 4.79 Å². The fraction of sp³-hybridized carbons (Fsp3) is 0.316. The maximum atomic E-state index is 12.5. The molecule has 0 saturated carbocycles. The van der Waals surface area contributed by atoms with Crippen molar-refractivity contribution in [3.05, 3.63) is 53.6 Å². The van der Waals surface area contributed by atoms with Gasteiger partial charge in [-0.2, -0.15) is 0 Å². The molecule has 0 saturated heterocycles. The Labute approximate surface area is 137 Å². The number of anilines is 1. The van der Waals surface area contributed by atoms with Crippen LogP contribution < -0.4 is 14.8 Å². The summed E-state index contributed by atoms with van der Waals surface area (Å²) in [6.07, 6.45) is 0.0228. The van der Waals surface area contributed by atoms with E-state index >= 15 is 0 Å². The van der Waals surface area contributed by atoms with Gasteiger partial charge >= 0.3 is 0 Å². The largest absolute Gasteiger partial charge is 0.495 e. The number of carbonyl (C=O) groups is 1. The van der Waals surface area contributed by atoms with Crippen molar-refractivity contribution in [3.8, 4) is 11.5 Å². The number of nitrogens with one attached hydrogen (secondary N) is 1. The zero-order valence-corrected chi connectivity index (χ0v) is 14.1. The number of ether oxygens (including phenoxy) is 2. The topological polar surface area (TPSA) is 47.6 Å². The van der Waals surface area contributed by atoms with Gasteiger partial charge in [-0.3, -0.25) is 4.79 Å². The summed E-state index contributed by atoms with van der Waals surface area (Å²) in [6, 6.07) is 13.3. The lowest BCUT2D eigenvalue weighted by molar-refractivity contribution is -0.122. The van der Waals surface area contributed by atoms with E-state index in [1.165, 1.54) is 0 Å². The van der Waals surface area contributed by atoms with Crippen LogP contribution in [0.1, 0.15) is 24.5 Å². The van der Waals surface area contributed by atoms with Crippen molar-refractivity contribution in [2.24, 2.45) is 0 Å². The number of aryl methyl sites for hydroxylation is 2. The van der Waals surface area contributed by atoms with Crippen molar-refractivity contribution in [2.45, 2.75) is 33.3 Å². The Morgan fingerprint density at radius 2 is 1.78 bits per heavy atom. The van der Waals surface area contributed by atoms with E-state index in [0.29, 0.717) is 23.6 Å². The van der Waals surface area contributed by atoms with Gasteiger partial charge in [-0.05, 0) is 55.7 Å². The summed E-state index contributed by atoms with van der Waals surface area (Å²) in [5, 5.41) is 2.87. The monoisotopic (exact) mass is 313 g/mol. The van der Waals surface area contributed by atoms with E-state index in [-0.39, 0.29) is 5.91 Å². The molecule has 1 N–H and O–H groups in total. The minimum atomic E-state index is -0.555. The van der Waals surface area contributed by atoms with Crippen LogP contribution in [-0.2, 0) is 4.79 Å². The number of benzene rings is 2. The number of rotatable bonds is 6. The first kappa shape index (κ1) is 16.9.